The van der Waals surface area contributed by atoms with Gasteiger partial charge in [0.05, 0.1) is 11.4 Å². The summed E-state index contributed by atoms with van der Waals surface area (Å²) in [5.74, 6) is 0.698. The molecule has 55 heavy (non-hydrogen) atoms. The van der Waals surface area contributed by atoms with Crippen LogP contribution in [0.25, 0.3) is 98.6 Å². The van der Waals surface area contributed by atoms with Crippen molar-refractivity contribution in [2.45, 2.75) is 0 Å². The Morgan fingerprint density at radius 1 is 0.255 bits per heavy atom. The van der Waals surface area contributed by atoms with Crippen LogP contribution in [-0.2, 0) is 0 Å². The van der Waals surface area contributed by atoms with Gasteiger partial charge in [0, 0.05) is 36.9 Å². The summed E-state index contributed by atoms with van der Waals surface area (Å²) >= 11 is 1.85. The van der Waals surface area contributed by atoms with Crippen LogP contribution in [0.3, 0.4) is 0 Å². The fourth-order valence-electron chi connectivity index (χ4n) is 7.45. The molecule has 0 aliphatic carbocycles. The highest BCUT2D eigenvalue weighted by Crippen LogP contribution is 2.39. The third-order valence-corrected chi connectivity index (χ3v) is 11.4. The number of hydrogen-bond acceptors (Lipinski definition) is 3. The van der Waals surface area contributed by atoms with Crippen molar-refractivity contribution in [3.8, 4) is 78.4 Å². The van der Waals surface area contributed by atoms with E-state index in [1.165, 1.54) is 42.4 Å². The zero-order chi connectivity index (χ0) is 36.6. The van der Waals surface area contributed by atoms with E-state index >= 15 is 0 Å². The topological polar surface area (TPSA) is 25.8 Å². The molecule has 0 aliphatic heterocycles. The van der Waals surface area contributed by atoms with Gasteiger partial charge in [0.25, 0.3) is 0 Å². The maximum atomic E-state index is 5.28. The Morgan fingerprint density at radius 2 is 0.691 bits per heavy atom. The normalized spacial score (nSPS) is 11.3. The third-order valence-electron chi connectivity index (χ3n) is 10.3. The van der Waals surface area contributed by atoms with Gasteiger partial charge in [-0.1, -0.05) is 158 Å². The highest BCUT2D eigenvalue weighted by molar-refractivity contribution is 7.25. The molecule has 2 nitrogen and oxygen atoms in total. The minimum absolute atomic E-state index is 0.698. The number of benzene rings is 8. The average Bonchev–Trinajstić information content (AvgIpc) is 3.65. The molecule has 0 saturated heterocycles. The molecule has 258 valence electrons. The Morgan fingerprint density at radius 3 is 1.40 bits per heavy atom. The van der Waals surface area contributed by atoms with Gasteiger partial charge < -0.3 is 0 Å². The zero-order valence-electron chi connectivity index (χ0n) is 29.9. The Balaban J connectivity index is 1.16. The molecule has 2 heterocycles. The Labute approximate surface area is 324 Å². The monoisotopic (exact) mass is 718 g/mol. The summed E-state index contributed by atoms with van der Waals surface area (Å²) in [6.45, 7) is 0. The van der Waals surface area contributed by atoms with Gasteiger partial charge in [0.15, 0.2) is 5.82 Å². The lowest BCUT2D eigenvalue weighted by Crippen LogP contribution is -1.97. The summed E-state index contributed by atoms with van der Waals surface area (Å²) in [7, 11) is 0. The van der Waals surface area contributed by atoms with Gasteiger partial charge in [-0.25, -0.2) is 9.97 Å². The smallest absolute Gasteiger partial charge is 0.160 e. The van der Waals surface area contributed by atoms with E-state index in [1.54, 1.807) is 0 Å². The number of hydrogen-bond donors (Lipinski definition) is 0. The summed E-state index contributed by atoms with van der Waals surface area (Å²) in [5, 5.41) is 2.58. The number of aromatic nitrogens is 2. The van der Waals surface area contributed by atoms with E-state index in [4.69, 9.17) is 9.97 Å². The van der Waals surface area contributed by atoms with Gasteiger partial charge in [-0.3, -0.25) is 0 Å². The van der Waals surface area contributed by atoms with Crippen LogP contribution in [0.2, 0.25) is 0 Å². The standard InChI is InChI=1S/C52H34N2S/c1-4-13-35(14-5-1)37-23-25-38(26-24-37)43-30-44(41-27-28-51-47(33-41)46-21-10-11-22-50(46)55-51)32-45(31-43)49-34-48(53-52(54-49)39-17-8-3-9-18-39)42-20-12-19-40(29-42)36-15-6-2-7-16-36/h1-34H. The largest absolute Gasteiger partial charge is 0.228 e. The second-order valence-corrected chi connectivity index (χ2v) is 14.9. The van der Waals surface area contributed by atoms with E-state index in [2.05, 4.69) is 188 Å². The van der Waals surface area contributed by atoms with E-state index in [9.17, 15) is 0 Å². The molecule has 0 amide bonds. The number of nitrogens with zero attached hydrogens (tertiary/aromatic N) is 2. The van der Waals surface area contributed by atoms with Crippen molar-refractivity contribution < 1.29 is 0 Å². The molecule has 8 aromatic carbocycles. The van der Waals surface area contributed by atoms with Gasteiger partial charge in [0.1, 0.15) is 0 Å². The second kappa shape index (κ2) is 14.1. The number of fused-ring (bicyclic) bond motifs is 3. The molecular weight excluding hydrogens is 685 g/mol. The molecule has 0 spiro atoms. The molecule has 0 bridgehead atoms. The van der Waals surface area contributed by atoms with Gasteiger partial charge in [-0.2, -0.15) is 0 Å². The maximum absolute atomic E-state index is 5.28. The molecule has 0 N–H and O–H groups in total. The van der Waals surface area contributed by atoms with Crippen LogP contribution in [0.5, 0.6) is 0 Å². The summed E-state index contributed by atoms with van der Waals surface area (Å²) in [4.78, 5) is 10.5. The summed E-state index contributed by atoms with van der Waals surface area (Å²) in [6.07, 6.45) is 0. The SMILES string of the molecule is c1ccc(-c2ccc(-c3cc(-c4ccc5sc6ccccc6c5c4)cc(-c4cc(-c5cccc(-c6ccccc6)c5)nc(-c5ccccc5)n4)c3)cc2)cc1. The van der Waals surface area contributed by atoms with Gasteiger partial charge >= 0.3 is 0 Å². The van der Waals surface area contributed by atoms with E-state index in [-0.39, 0.29) is 0 Å². The van der Waals surface area contributed by atoms with Crippen molar-refractivity contribution in [2.75, 3.05) is 0 Å². The predicted molar refractivity (Wildman–Crippen MR) is 233 cm³/mol. The molecule has 0 aliphatic rings. The first kappa shape index (κ1) is 32.7. The van der Waals surface area contributed by atoms with Crippen LogP contribution in [0, 0.1) is 0 Å². The van der Waals surface area contributed by atoms with Gasteiger partial charge in [-0.05, 0) is 93.0 Å². The van der Waals surface area contributed by atoms with Crippen molar-refractivity contribution in [3.05, 3.63) is 206 Å². The van der Waals surface area contributed by atoms with E-state index in [1.807, 2.05) is 29.5 Å². The second-order valence-electron chi connectivity index (χ2n) is 13.8. The molecule has 0 unspecified atom stereocenters. The summed E-state index contributed by atoms with van der Waals surface area (Å²) in [6, 6.07) is 73.5. The lowest BCUT2D eigenvalue weighted by Gasteiger charge is -2.14. The van der Waals surface area contributed by atoms with Crippen LogP contribution >= 0.6 is 11.3 Å². The lowest BCUT2D eigenvalue weighted by molar-refractivity contribution is 1.18. The summed E-state index contributed by atoms with van der Waals surface area (Å²) < 4.78 is 2.60. The van der Waals surface area contributed by atoms with Crippen molar-refractivity contribution in [2.24, 2.45) is 0 Å². The minimum atomic E-state index is 0.698. The van der Waals surface area contributed by atoms with Crippen LogP contribution in [-0.4, -0.2) is 9.97 Å². The molecule has 0 radical (unpaired) electrons. The van der Waals surface area contributed by atoms with Gasteiger partial charge in [-0.15, -0.1) is 11.3 Å². The third kappa shape index (κ3) is 6.52. The number of rotatable bonds is 7. The first-order chi connectivity index (χ1) is 27.2. The molecule has 0 saturated carbocycles. The number of thiophene rings is 1. The van der Waals surface area contributed by atoms with Crippen molar-refractivity contribution in [3.63, 3.8) is 0 Å². The average molecular weight is 719 g/mol. The lowest BCUT2D eigenvalue weighted by atomic mass is 9.93. The first-order valence-electron chi connectivity index (χ1n) is 18.6. The molecule has 10 aromatic rings. The van der Waals surface area contributed by atoms with E-state index < -0.39 is 0 Å². The Kier molecular flexibility index (Phi) is 8.40. The van der Waals surface area contributed by atoms with Crippen LogP contribution in [0.15, 0.2) is 206 Å². The molecule has 0 atom stereocenters. The fraction of sp³-hybridized carbons (Fsp3) is 0. The van der Waals surface area contributed by atoms with Crippen LogP contribution in [0.4, 0.5) is 0 Å². The molecular formula is C52H34N2S. The Hall–Kier alpha value is -6.94. The predicted octanol–water partition coefficient (Wildman–Crippen LogP) is 14.5. The van der Waals surface area contributed by atoms with Crippen molar-refractivity contribution in [1.29, 1.82) is 0 Å². The summed E-state index contributed by atoms with van der Waals surface area (Å²) in [5.41, 5.74) is 14.1. The first-order valence-corrected chi connectivity index (χ1v) is 19.4. The fourth-order valence-corrected chi connectivity index (χ4v) is 8.53. The highest BCUT2D eigenvalue weighted by Gasteiger charge is 2.15. The highest BCUT2D eigenvalue weighted by atomic mass is 32.1. The van der Waals surface area contributed by atoms with E-state index in [0.717, 1.165) is 50.3 Å². The van der Waals surface area contributed by atoms with Gasteiger partial charge in [0.2, 0.25) is 0 Å². The quantitative estimate of drug-likeness (QED) is 0.164. The zero-order valence-corrected chi connectivity index (χ0v) is 30.7. The van der Waals surface area contributed by atoms with Crippen LogP contribution in [0.1, 0.15) is 0 Å². The molecule has 0 fully saturated rings. The van der Waals surface area contributed by atoms with Crippen LogP contribution < -0.4 is 0 Å². The molecule has 3 heteroatoms. The maximum Gasteiger partial charge on any atom is 0.160 e. The minimum Gasteiger partial charge on any atom is -0.228 e. The van der Waals surface area contributed by atoms with E-state index in [0.29, 0.717) is 5.82 Å². The Bertz CT molecular complexity index is 2950. The van der Waals surface area contributed by atoms with Crippen molar-refractivity contribution in [1.82, 2.24) is 9.97 Å². The molecule has 10 rings (SSSR count). The van der Waals surface area contributed by atoms with Crippen molar-refractivity contribution >= 4 is 31.5 Å². The molecule has 2 aromatic heterocycles.